The lowest BCUT2D eigenvalue weighted by molar-refractivity contribution is 0.162. The van der Waals surface area contributed by atoms with Gasteiger partial charge in [0.05, 0.1) is 0 Å². The van der Waals surface area contributed by atoms with Gasteiger partial charge in [0.25, 0.3) is 0 Å². The number of rotatable bonds is 5. The molecule has 6 heteroatoms. The van der Waals surface area contributed by atoms with Crippen LogP contribution in [0.3, 0.4) is 0 Å². The molecule has 0 bridgehead atoms. The Balaban J connectivity index is 1.45. The summed E-state index contributed by atoms with van der Waals surface area (Å²) in [5, 5.41) is 6.56. The molecule has 2 heterocycles. The van der Waals surface area contributed by atoms with Gasteiger partial charge in [-0.05, 0) is 80.7 Å². The SMILES string of the molecule is Cc1cccc(-c2cnc(Nc3ccc(OC4CCNCC4)cc3)nc2N)c1C. The van der Waals surface area contributed by atoms with Crippen molar-refractivity contribution in [2.24, 2.45) is 0 Å². The molecule has 1 saturated heterocycles. The molecule has 0 aliphatic carbocycles. The van der Waals surface area contributed by atoms with E-state index in [9.17, 15) is 0 Å². The summed E-state index contributed by atoms with van der Waals surface area (Å²) in [5.74, 6) is 1.82. The second-order valence-corrected chi connectivity index (χ2v) is 7.46. The average Bonchev–Trinajstić information content (AvgIpc) is 2.73. The van der Waals surface area contributed by atoms with E-state index in [2.05, 4.69) is 40.5 Å². The number of anilines is 3. The van der Waals surface area contributed by atoms with Crippen LogP contribution in [0.1, 0.15) is 24.0 Å². The second kappa shape index (κ2) is 8.49. The number of hydrogen-bond donors (Lipinski definition) is 3. The van der Waals surface area contributed by atoms with E-state index in [4.69, 9.17) is 10.5 Å². The number of aromatic nitrogens is 2. The fourth-order valence-electron chi connectivity index (χ4n) is 3.56. The quantitative estimate of drug-likeness (QED) is 0.606. The molecule has 0 atom stereocenters. The third kappa shape index (κ3) is 4.49. The first-order valence-electron chi connectivity index (χ1n) is 10.0. The van der Waals surface area contributed by atoms with Crippen molar-refractivity contribution in [1.82, 2.24) is 15.3 Å². The van der Waals surface area contributed by atoms with Crippen LogP contribution in [0.15, 0.2) is 48.7 Å². The van der Waals surface area contributed by atoms with Crippen molar-refractivity contribution in [3.63, 3.8) is 0 Å². The van der Waals surface area contributed by atoms with Crippen LogP contribution in [0.2, 0.25) is 0 Å². The number of benzene rings is 2. The van der Waals surface area contributed by atoms with Crippen molar-refractivity contribution < 1.29 is 4.74 Å². The van der Waals surface area contributed by atoms with E-state index in [-0.39, 0.29) is 6.10 Å². The minimum absolute atomic E-state index is 0.288. The van der Waals surface area contributed by atoms with E-state index >= 15 is 0 Å². The summed E-state index contributed by atoms with van der Waals surface area (Å²) in [6.07, 6.45) is 4.15. The molecule has 4 rings (SSSR count). The molecule has 1 aromatic heterocycles. The summed E-state index contributed by atoms with van der Waals surface area (Å²) in [6.45, 7) is 6.20. The van der Waals surface area contributed by atoms with Crippen molar-refractivity contribution in [1.29, 1.82) is 0 Å². The zero-order valence-corrected chi connectivity index (χ0v) is 16.9. The largest absolute Gasteiger partial charge is 0.490 e. The molecule has 29 heavy (non-hydrogen) atoms. The molecule has 0 amide bonds. The monoisotopic (exact) mass is 389 g/mol. The molecule has 2 aromatic carbocycles. The molecule has 0 unspecified atom stereocenters. The van der Waals surface area contributed by atoms with Gasteiger partial charge < -0.3 is 21.1 Å². The maximum absolute atomic E-state index is 6.24. The van der Waals surface area contributed by atoms with Crippen LogP contribution in [0, 0.1) is 13.8 Å². The van der Waals surface area contributed by atoms with Crippen LogP contribution < -0.4 is 21.1 Å². The van der Waals surface area contributed by atoms with Gasteiger partial charge in [-0.2, -0.15) is 4.98 Å². The Kier molecular flexibility index (Phi) is 5.62. The van der Waals surface area contributed by atoms with Crippen LogP contribution in [0.5, 0.6) is 5.75 Å². The van der Waals surface area contributed by atoms with Crippen molar-refractivity contribution in [3.8, 4) is 16.9 Å². The van der Waals surface area contributed by atoms with Crippen molar-refractivity contribution in [3.05, 3.63) is 59.8 Å². The Hall–Kier alpha value is -3.12. The fraction of sp³-hybridized carbons (Fsp3) is 0.304. The van der Waals surface area contributed by atoms with E-state index in [1.54, 1.807) is 6.20 Å². The lowest BCUT2D eigenvalue weighted by Crippen LogP contribution is -2.34. The highest BCUT2D eigenvalue weighted by Gasteiger charge is 2.14. The highest BCUT2D eigenvalue weighted by Crippen LogP contribution is 2.29. The average molecular weight is 390 g/mol. The Morgan fingerprint density at radius 3 is 2.52 bits per heavy atom. The number of nitrogens with two attached hydrogens (primary N) is 1. The second-order valence-electron chi connectivity index (χ2n) is 7.46. The highest BCUT2D eigenvalue weighted by molar-refractivity contribution is 5.77. The number of aryl methyl sites for hydroxylation is 1. The van der Waals surface area contributed by atoms with Gasteiger partial charge >= 0.3 is 0 Å². The third-order valence-electron chi connectivity index (χ3n) is 5.41. The van der Waals surface area contributed by atoms with E-state index in [0.717, 1.165) is 48.5 Å². The van der Waals surface area contributed by atoms with Gasteiger partial charge in [-0.15, -0.1) is 0 Å². The minimum Gasteiger partial charge on any atom is -0.490 e. The van der Waals surface area contributed by atoms with E-state index in [1.807, 2.05) is 36.4 Å². The summed E-state index contributed by atoms with van der Waals surface area (Å²) in [7, 11) is 0. The third-order valence-corrected chi connectivity index (χ3v) is 5.41. The zero-order chi connectivity index (χ0) is 20.2. The molecular formula is C23H27N5O. The van der Waals surface area contributed by atoms with Gasteiger partial charge in [-0.3, -0.25) is 0 Å². The minimum atomic E-state index is 0.288. The van der Waals surface area contributed by atoms with Gasteiger partial charge in [0.15, 0.2) is 0 Å². The molecule has 3 aromatic rings. The topological polar surface area (TPSA) is 85.1 Å². The lowest BCUT2D eigenvalue weighted by Gasteiger charge is -2.23. The van der Waals surface area contributed by atoms with E-state index < -0.39 is 0 Å². The molecule has 4 N–H and O–H groups in total. The smallest absolute Gasteiger partial charge is 0.229 e. The van der Waals surface area contributed by atoms with Gasteiger partial charge in [0.2, 0.25) is 5.95 Å². The summed E-state index contributed by atoms with van der Waals surface area (Å²) in [6, 6.07) is 14.0. The van der Waals surface area contributed by atoms with Crippen molar-refractivity contribution in [2.45, 2.75) is 32.8 Å². The Morgan fingerprint density at radius 2 is 1.79 bits per heavy atom. The zero-order valence-electron chi connectivity index (χ0n) is 16.9. The molecule has 1 aliphatic rings. The van der Waals surface area contributed by atoms with Gasteiger partial charge in [-0.1, -0.05) is 18.2 Å². The van der Waals surface area contributed by atoms with Crippen molar-refractivity contribution >= 4 is 17.5 Å². The predicted octanol–water partition coefficient (Wildman–Crippen LogP) is 4.22. The number of nitrogens with one attached hydrogen (secondary N) is 2. The first-order chi connectivity index (χ1) is 14.1. The van der Waals surface area contributed by atoms with Crippen LogP contribution in [0.25, 0.3) is 11.1 Å². The van der Waals surface area contributed by atoms with Crippen LogP contribution in [-0.4, -0.2) is 29.2 Å². The molecular weight excluding hydrogens is 362 g/mol. The normalized spacial score (nSPS) is 14.6. The van der Waals surface area contributed by atoms with Crippen molar-refractivity contribution in [2.75, 3.05) is 24.1 Å². The summed E-state index contributed by atoms with van der Waals surface area (Å²) < 4.78 is 6.05. The molecule has 6 nitrogen and oxygen atoms in total. The van der Waals surface area contributed by atoms with Gasteiger partial charge in [0, 0.05) is 17.4 Å². The summed E-state index contributed by atoms with van der Waals surface area (Å²) >= 11 is 0. The van der Waals surface area contributed by atoms with Crippen LogP contribution in [0.4, 0.5) is 17.5 Å². The Labute approximate surface area is 171 Å². The Bertz CT molecular complexity index is 981. The molecule has 1 fully saturated rings. The Morgan fingerprint density at radius 1 is 1.03 bits per heavy atom. The lowest BCUT2D eigenvalue weighted by atomic mass is 9.98. The standard InChI is InChI=1S/C23H27N5O/c1-15-4-3-5-20(16(15)2)21-14-26-23(28-22(21)24)27-17-6-8-18(9-7-17)29-19-10-12-25-13-11-19/h3-9,14,19,25H,10-13H2,1-2H3,(H3,24,26,27,28). The molecule has 1 aliphatic heterocycles. The molecule has 150 valence electrons. The van der Waals surface area contributed by atoms with E-state index in [0.29, 0.717) is 11.8 Å². The number of nitrogens with zero attached hydrogens (tertiary/aromatic N) is 2. The first kappa shape index (κ1) is 19.2. The predicted molar refractivity (Wildman–Crippen MR) is 118 cm³/mol. The first-order valence-corrected chi connectivity index (χ1v) is 10.0. The molecule has 0 saturated carbocycles. The summed E-state index contributed by atoms with van der Waals surface area (Å²) in [5.41, 5.74) is 11.4. The van der Waals surface area contributed by atoms with Gasteiger partial charge in [-0.25, -0.2) is 4.98 Å². The number of hydrogen-bond acceptors (Lipinski definition) is 6. The number of ether oxygens (including phenoxy) is 1. The number of piperidine rings is 1. The summed E-state index contributed by atoms with van der Waals surface area (Å²) in [4.78, 5) is 8.91. The maximum atomic E-state index is 6.24. The highest BCUT2D eigenvalue weighted by atomic mass is 16.5. The molecule has 0 radical (unpaired) electrons. The van der Waals surface area contributed by atoms with E-state index in [1.165, 1.54) is 11.1 Å². The number of nitrogen functional groups attached to an aromatic ring is 1. The molecule has 0 spiro atoms. The van der Waals surface area contributed by atoms with Crippen LogP contribution >= 0.6 is 0 Å². The fourth-order valence-corrected chi connectivity index (χ4v) is 3.56. The van der Waals surface area contributed by atoms with Gasteiger partial charge in [0.1, 0.15) is 17.7 Å². The van der Waals surface area contributed by atoms with Crippen LogP contribution in [-0.2, 0) is 0 Å². The maximum Gasteiger partial charge on any atom is 0.229 e.